The number of hydrogen-bond donors (Lipinski definition) is 1. The molecule has 5 heteroatoms. The van der Waals surface area contributed by atoms with Gasteiger partial charge in [-0.05, 0) is 31.5 Å². The molecule has 4 nitrogen and oxygen atoms in total. The summed E-state index contributed by atoms with van der Waals surface area (Å²) < 4.78 is 17.8. The third-order valence-corrected chi connectivity index (χ3v) is 2.91. The molecule has 1 aromatic carbocycles. The van der Waals surface area contributed by atoms with Gasteiger partial charge in [0.1, 0.15) is 11.4 Å². The van der Waals surface area contributed by atoms with E-state index in [1.807, 2.05) is 0 Å². The largest absolute Gasteiger partial charge is 0.462 e. The van der Waals surface area contributed by atoms with Gasteiger partial charge < -0.3 is 9.72 Å². The molecular formula is C15H14FNO3. The number of halogens is 1. The van der Waals surface area contributed by atoms with Crippen LogP contribution >= 0.6 is 0 Å². The lowest BCUT2D eigenvalue weighted by Crippen LogP contribution is -2.20. The molecule has 0 spiro atoms. The van der Waals surface area contributed by atoms with E-state index >= 15 is 0 Å². The summed E-state index contributed by atoms with van der Waals surface area (Å²) in [5.41, 5.74) is 1.02. The van der Waals surface area contributed by atoms with Gasteiger partial charge in [0.15, 0.2) is 0 Å². The smallest absolute Gasteiger partial charge is 0.343 e. The number of carbonyl (C=O) groups is 1. The topological polar surface area (TPSA) is 59.2 Å². The summed E-state index contributed by atoms with van der Waals surface area (Å²) in [7, 11) is 0. The summed E-state index contributed by atoms with van der Waals surface area (Å²) >= 11 is 0. The number of hydrogen-bond acceptors (Lipinski definition) is 3. The summed E-state index contributed by atoms with van der Waals surface area (Å²) in [6, 6.07) is 5.54. The van der Waals surface area contributed by atoms with Crippen LogP contribution in [-0.4, -0.2) is 17.6 Å². The fraction of sp³-hybridized carbons (Fsp3) is 0.200. The van der Waals surface area contributed by atoms with Crippen LogP contribution in [0.15, 0.2) is 35.3 Å². The molecule has 0 atom stereocenters. The van der Waals surface area contributed by atoms with Crippen LogP contribution in [0.1, 0.15) is 23.0 Å². The first-order valence-electron chi connectivity index (χ1n) is 6.20. The molecule has 0 saturated carbocycles. The molecule has 0 aliphatic heterocycles. The minimum absolute atomic E-state index is 0.0585. The van der Waals surface area contributed by atoms with E-state index in [1.54, 1.807) is 13.8 Å². The van der Waals surface area contributed by atoms with Gasteiger partial charge in [-0.15, -0.1) is 0 Å². The zero-order valence-electron chi connectivity index (χ0n) is 11.2. The molecule has 0 bridgehead atoms. The van der Waals surface area contributed by atoms with Crippen LogP contribution in [0.3, 0.4) is 0 Å². The molecule has 0 saturated heterocycles. The van der Waals surface area contributed by atoms with Crippen LogP contribution in [0.2, 0.25) is 0 Å². The number of nitrogens with one attached hydrogen (secondary N) is 1. The summed E-state index contributed by atoms with van der Waals surface area (Å²) in [5, 5.41) is 0. The predicted octanol–water partition coefficient (Wildman–Crippen LogP) is 2.67. The Morgan fingerprint density at radius 1 is 1.30 bits per heavy atom. The molecule has 20 heavy (non-hydrogen) atoms. The molecular weight excluding hydrogens is 261 g/mol. The van der Waals surface area contributed by atoms with Crippen LogP contribution in [0.5, 0.6) is 0 Å². The van der Waals surface area contributed by atoms with Crippen molar-refractivity contribution < 1.29 is 13.9 Å². The molecule has 0 radical (unpaired) electrons. The van der Waals surface area contributed by atoms with Crippen LogP contribution in [0.25, 0.3) is 11.1 Å². The number of benzene rings is 1. The lowest BCUT2D eigenvalue weighted by Gasteiger charge is -2.08. The van der Waals surface area contributed by atoms with Crippen LogP contribution in [0, 0.1) is 12.7 Å². The van der Waals surface area contributed by atoms with Crippen molar-refractivity contribution in [3.8, 4) is 11.1 Å². The van der Waals surface area contributed by atoms with E-state index in [2.05, 4.69) is 4.98 Å². The second-order valence-corrected chi connectivity index (χ2v) is 4.26. The predicted molar refractivity (Wildman–Crippen MR) is 73.2 cm³/mol. The van der Waals surface area contributed by atoms with Crippen molar-refractivity contribution in [3.63, 3.8) is 0 Å². The Kier molecular flexibility index (Phi) is 3.98. The average molecular weight is 275 g/mol. The normalized spacial score (nSPS) is 10.3. The highest BCUT2D eigenvalue weighted by atomic mass is 19.1. The van der Waals surface area contributed by atoms with Gasteiger partial charge >= 0.3 is 5.97 Å². The number of aromatic amines is 1. The molecule has 0 fully saturated rings. The number of aryl methyl sites for hydroxylation is 1. The highest BCUT2D eigenvalue weighted by Gasteiger charge is 2.17. The van der Waals surface area contributed by atoms with E-state index in [0.29, 0.717) is 16.8 Å². The zero-order chi connectivity index (χ0) is 14.7. The number of rotatable bonds is 3. The Morgan fingerprint density at radius 3 is 2.55 bits per heavy atom. The summed E-state index contributed by atoms with van der Waals surface area (Å²) in [5.74, 6) is -1.05. The Labute approximate surface area is 115 Å². The van der Waals surface area contributed by atoms with Crippen molar-refractivity contribution in [1.29, 1.82) is 0 Å². The Hall–Kier alpha value is -2.43. The minimum Gasteiger partial charge on any atom is -0.462 e. The van der Waals surface area contributed by atoms with Gasteiger partial charge in [-0.25, -0.2) is 9.18 Å². The van der Waals surface area contributed by atoms with Crippen molar-refractivity contribution >= 4 is 5.97 Å². The third kappa shape index (κ3) is 2.61. The van der Waals surface area contributed by atoms with Gasteiger partial charge in [0.2, 0.25) is 5.43 Å². The zero-order valence-corrected chi connectivity index (χ0v) is 11.2. The highest BCUT2D eigenvalue weighted by molar-refractivity contribution is 5.90. The number of pyridine rings is 1. The van der Waals surface area contributed by atoms with E-state index in [0.717, 1.165) is 0 Å². The van der Waals surface area contributed by atoms with Crippen LogP contribution in [-0.2, 0) is 4.74 Å². The van der Waals surface area contributed by atoms with Crippen molar-refractivity contribution in [2.75, 3.05) is 6.61 Å². The fourth-order valence-corrected chi connectivity index (χ4v) is 1.95. The molecule has 0 aliphatic carbocycles. The fourth-order valence-electron chi connectivity index (χ4n) is 1.95. The van der Waals surface area contributed by atoms with Crippen molar-refractivity contribution in [1.82, 2.24) is 4.98 Å². The van der Waals surface area contributed by atoms with E-state index < -0.39 is 11.4 Å². The monoisotopic (exact) mass is 275 g/mol. The first kappa shape index (κ1) is 14.0. The van der Waals surface area contributed by atoms with Crippen molar-refractivity contribution in [2.45, 2.75) is 13.8 Å². The average Bonchev–Trinajstić information content (AvgIpc) is 2.41. The van der Waals surface area contributed by atoms with Gasteiger partial charge in [0, 0.05) is 17.5 Å². The third-order valence-electron chi connectivity index (χ3n) is 2.91. The summed E-state index contributed by atoms with van der Waals surface area (Å²) in [6.07, 6.45) is 1.34. The SMILES string of the molecule is CCOC(=O)c1c[nH]c(C)c(-c2ccc(F)cc2)c1=O. The first-order valence-corrected chi connectivity index (χ1v) is 6.20. The second kappa shape index (κ2) is 5.69. The Morgan fingerprint density at radius 2 is 1.95 bits per heavy atom. The Bertz CT molecular complexity index is 689. The van der Waals surface area contributed by atoms with E-state index in [-0.39, 0.29) is 18.0 Å². The van der Waals surface area contributed by atoms with Gasteiger partial charge in [-0.1, -0.05) is 12.1 Å². The molecule has 1 aromatic heterocycles. The molecule has 0 unspecified atom stereocenters. The molecule has 0 amide bonds. The minimum atomic E-state index is -0.669. The van der Waals surface area contributed by atoms with Crippen LogP contribution < -0.4 is 5.43 Å². The van der Waals surface area contributed by atoms with Gasteiger partial charge in [-0.2, -0.15) is 0 Å². The lowest BCUT2D eigenvalue weighted by atomic mass is 10.0. The van der Waals surface area contributed by atoms with Gasteiger partial charge in [-0.3, -0.25) is 4.79 Å². The maximum Gasteiger partial charge on any atom is 0.343 e. The molecule has 1 heterocycles. The number of ether oxygens (including phenoxy) is 1. The summed E-state index contributed by atoms with van der Waals surface area (Å²) in [4.78, 5) is 27.0. The van der Waals surface area contributed by atoms with Gasteiger partial charge in [0.05, 0.1) is 6.61 Å². The molecule has 2 rings (SSSR count). The summed E-state index contributed by atoms with van der Waals surface area (Å²) in [6.45, 7) is 3.58. The number of H-pyrrole nitrogens is 1. The number of carbonyl (C=O) groups excluding carboxylic acids is 1. The Balaban J connectivity index is 2.58. The maximum absolute atomic E-state index is 13.0. The lowest BCUT2D eigenvalue weighted by molar-refractivity contribution is 0.0524. The first-order chi connectivity index (χ1) is 9.54. The van der Waals surface area contributed by atoms with E-state index in [9.17, 15) is 14.0 Å². The maximum atomic E-state index is 13.0. The molecule has 2 aromatic rings. The number of esters is 1. The standard InChI is InChI=1S/C15H14FNO3/c1-3-20-15(19)12-8-17-9(2)13(14(12)18)10-4-6-11(16)7-5-10/h4-8H,3H2,1-2H3,(H,17,18). The quantitative estimate of drug-likeness (QED) is 0.876. The molecule has 0 aliphatic rings. The highest BCUT2D eigenvalue weighted by Crippen LogP contribution is 2.19. The van der Waals surface area contributed by atoms with E-state index in [1.165, 1.54) is 30.5 Å². The van der Waals surface area contributed by atoms with Crippen molar-refractivity contribution in [3.05, 3.63) is 57.8 Å². The van der Waals surface area contributed by atoms with Gasteiger partial charge in [0.25, 0.3) is 0 Å². The van der Waals surface area contributed by atoms with E-state index in [4.69, 9.17) is 4.74 Å². The van der Waals surface area contributed by atoms with Crippen LogP contribution in [0.4, 0.5) is 4.39 Å². The van der Waals surface area contributed by atoms with Crippen molar-refractivity contribution in [2.24, 2.45) is 0 Å². The number of aromatic nitrogens is 1. The molecule has 1 N–H and O–H groups in total. The second-order valence-electron chi connectivity index (χ2n) is 4.26. The molecule has 104 valence electrons.